The van der Waals surface area contributed by atoms with E-state index in [9.17, 15) is 5.11 Å². The Bertz CT molecular complexity index is 465. The third-order valence-electron chi connectivity index (χ3n) is 2.30. The smallest absolute Gasteiger partial charge is 0.271 e. The predicted octanol–water partition coefficient (Wildman–Crippen LogP) is -0.501. The van der Waals surface area contributed by atoms with Gasteiger partial charge < -0.3 is 5.11 Å². The molecule has 3 rings (SSSR count). The largest absolute Gasteiger partial charge is 0.387 e. The lowest BCUT2D eigenvalue weighted by Crippen LogP contribution is -2.04. The molecule has 1 unspecified atom stereocenters. The predicted molar refractivity (Wildman–Crippen MR) is 41.9 cm³/mol. The molecule has 13 heavy (non-hydrogen) atoms. The Morgan fingerprint density at radius 2 is 2.38 bits per heavy atom. The maximum atomic E-state index is 9.51. The standard InChI is InChI=1S/C7H7N5O/c13-5-2-1-4-6(5)10-11-7-8-3-9-12(4)7/h3,5,13H,1-2H2. The van der Waals surface area contributed by atoms with Crippen LogP contribution in [0.1, 0.15) is 23.9 Å². The molecule has 0 aliphatic heterocycles. The van der Waals surface area contributed by atoms with Crippen LogP contribution in [0.4, 0.5) is 0 Å². The molecule has 0 spiro atoms. The number of rotatable bonds is 0. The Labute approximate surface area is 73.2 Å². The lowest BCUT2D eigenvalue weighted by atomic mass is 10.3. The number of aliphatic hydroxyl groups is 1. The highest BCUT2D eigenvalue weighted by molar-refractivity contribution is 5.30. The first-order chi connectivity index (χ1) is 6.36. The van der Waals surface area contributed by atoms with Gasteiger partial charge >= 0.3 is 0 Å². The molecule has 1 atom stereocenters. The Hall–Kier alpha value is -1.56. The molecule has 0 amide bonds. The normalized spacial score (nSPS) is 20.8. The van der Waals surface area contributed by atoms with Crippen LogP contribution in [0.3, 0.4) is 0 Å². The van der Waals surface area contributed by atoms with Crippen LogP contribution in [-0.4, -0.2) is 29.9 Å². The first kappa shape index (κ1) is 6.90. The number of nitrogens with zero attached hydrogens (tertiary/aromatic N) is 5. The van der Waals surface area contributed by atoms with Crippen molar-refractivity contribution >= 4 is 5.78 Å². The van der Waals surface area contributed by atoms with Crippen molar-refractivity contribution in [2.45, 2.75) is 18.9 Å². The van der Waals surface area contributed by atoms with Crippen LogP contribution >= 0.6 is 0 Å². The van der Waals surface area contributed by atoms with Crippen LogP contribution in [0.15, 0.2) is 6.33 Å². The van der Waals surface area contributed by atoms with Gasteiger partial charge in [0.25, 0.3) is 5.78 Å². The summed E-state index contributed by atoms with van der Waals surface area (Å²) in [6.07, 6.45) is 2.43. The fourth-order valence-electron chi connectivity index (χ4n) is 1.66. The second-order valence-electron chi connectivity index (χ2n) is 3.06. The minimum absolute atomic E-state index is 0.490. The van der Waals surface area contributed by atoms with Crippen molar-refractivity contribution in [2.24, 2.45) is 0 Å². The number of aryl methyl sites for hydroxylation is 1. The van der Waals surface area contributed by atoms with Gasteiger partial charge in [-0.15, -0.1) is 10.2 Å². The number of hydrogen-bond acceptors (Lipinski definition) is 5. The van der Waals surface area contributed by atoms with Crippen LogP contribution in [0.5, 0.6) is 0 Å². The molecule has 0 saturated heterocycles. The second kappa shape index (κ2) is 2.23. The summed E-state index contributed by atoms with van der Waals surface area (Å²) in [5, 5.41) is 21.3. The number of aliphatic hydroxyl groups excluding tert-OH is 1. The van der Waals surface area contributed by atoms with E-state index in [0.29, 0.717) is 17.9 Å². The molecule has 2 heterocycles. The third kappa shape index (κ3) is 0.803. The minimum atomic E-state index is -0.490. The highest BCUT2D eigenvalue weighted by Gasteiger charge is 2.25. The molecule has 1 aliphatic rings. The van der Waals surface area contributed by atoms with Gasteiger partial charge in [-0.25, -0.2) is 0 Å². The van der Waals surface area contributed by atoms with Crippen LogP contribution in [-0.2, 0) is 6.42 Å². The zero-order chi connectivity index (χ0) is 8.84. The minimum Gasteiger partial charge on any atom is -0.387 e. The van der Waals surface area contributed by atoms with Crippen LogP contribution in [0.2, 0.25) is 0 Å². The van der Waals surface area contributed by atoms with Crippen LogP contribution < -0.4 is 0 Å². The van der Waals surface area contributed by atoms with Crippen molar-refractivity contribution in [2.75, 3.05) is 0 Å². The molecule has 0 radical (unpaired) electrons. The first-order valence-corrected chi connectivity index (χ1v) is 4.09. The van der Waals surface area contributed by atoms with Crippen molar-refractivity contribution in [3.8, 4) is 0 Å². The maximum Gasteiger partial charge on any atom is 0.271 e. The first-order valence-electron chi connectivity index (χ1n) is 4.09. The molecule has 0 aromatic carbocycles. The molecule has 0 saturated carbocycles. The lowest BCUT2D eigenvalue weighted by Gasteiger charge is -2.00. The van der Waals surface area contributed by atoms with Gasteiger partial charge in [0, 0.05) is 0 Å². The van der Waals surface area contributed by atoms with E-state index >= 15 is 0 Å². The third-order valence-corrected chi connectivity index (χ3v) is 2.30. The summed E-state index contributed by atoms with van der Waals surface area (Å²) in [6.45, 7) is 0. The molecular weight excluding hydrogens is 170 g/mol. The fourth-order valence-corrected chi connectivity index (χ4v) is 1.66. The van der Waals surface area contributed by atoms with Gasteiger partial charge in [0.1, 0.15) is 18.1 Å². The number of hydrogen-bond donors (Lipinski definition) is 1. The number of aromatic nitrogens is 5. The Balaban J connectivity index is 2.39. The van der Waals surface area contributed by atoms with Crippen molar-refractivity contribution in [1.29, 1.82) is 0 Å². The summed E-state index contributed by atoms with van der Waals surface area (Å²) in [7, 11) is 0. The Morgan fingerprint density at radius 3 is 3.31 bits per heavy atom. The van der Waals surface area contributed by atoms with Gasteiger partial charge in [0.05, 0.1) is 5.69 Å². The molecule has 1 aliphatic carbocycles. The lowest BCUT2D eigenvalue weighted by molar-refractivity contribution is 0.175. The van der Waals surface area contributed by atoms with E-state index in [0.717, 1.165) is 12.1 Å². The van der Waals surface area contributed by atoms with Crippen LogP contribution in [0, 0.1) is 0 Å². The van der Waals surface area contributed by atoms with Gasteiger partial charge in [-0.05, 0) is 12.8 Å². The molecule has 2 aromatic rings. The summed E-state index contributed by atoms with van der Waals surface area (Å²) in [6, 6.07) is 0. The summed E-state index contributed by atoms with van der Waals surface area (Å²) < 4.78 is 1.64. The van der Waals surface area contributed by atoms with Crippen molar-refractivity contribution in [3.63, 3.8) is 0 Å². The number of fused-ring (bicyclic) bond motifs is 3. The van der Waals surface area contributed by atoms with E-state index in [2.05, 4.69) is 20.3 Å². The monoisotopic (exact) mass is 177 g/mol. The molecule has 1 N–H and O–H groups in total. The Kier molecular flexibility index (Phi) is 1.18. The van der Waals surface area contributed by atoms with E-state index in [4.69, 9.17) is 0 Å². The molecule has 66 valence electrons. The Morgan fingerprint density at radius 1 is 1.46 bits per heavy atom. The average Bonchev–Trinajstić information content (AvgIpc) is 2.70. The highest BCUT2D eigenvalue weighted by atomic mass is 16.3. The second-order valence-corrected chi connectivity index (χ2v) is 3.06. The molecule has 2 aromatic heterocycles. The van der Waals surface area contributed by atoms with E-state index < -0.39 is 6.10 Å². The zero-order valence-electron chi connectivity index (χ0n) is 6.75. The van der Waals surface area contributed by atoms with Gasteiger partial charge in [-0.3, -0.25) is 0 Å². The quantitative estimate of drug-likeness (QED) is 0.587. The van der Waals surface area contributed by atoms with Crippen molar-refractivity contribution in [3.05, 3.63) is 17.7 Å². The SMILES string of the molecule is OC1CCc2c1nnc1ncnn21. The van der Waals surface area contributed by atoms with E-state index in [1.54, 1.807) is 4.52 Å². The molecule has 6 heteroatoms. The zero-order valence-corrected chi connectivity index (χ0v) is 6.75. The fraction of sp³-hybridized carbons (Fsp3) is 0.429. The van der Waals surface area contributed by atoms with Gasteiger partial charge in [-0.1, -0.05) is 0 Å². The molecule has 6 nitrogen and oxygen atoms in total. The van der Waals surface area contributed by atoms with E-state index in [1.807, 2.05) is 0 Å². The molecule has 0 fully saturated rings. The summed E-state index contributed by atoms with van der Waals surface area (Å²) in [4.78, 5) is 3.92. The van der Waals surface area contributed by atoms with Gasteiger partial charge in [-0.2, -0.15) is 14.6 Å². The average molecular weight is 177 g/mol. The molecule has 0 bridgehead atoms. The van der Waals surface area contributed by atoms with Gasteiger partial charge in [0.2, 0.25) is 0 Å². The topological polar surface area (TPSA) is 76.2 Å². The maximum absolute atomic E-state index is 9.51. The van der Waals surface area contributed by atoms with Crippen LogP contribution in [0.25, 0.3) is 5.78 Å². The molecular formula is C7H7N5O. The van der Waals surface area contributed by atoms with Crippen molar-refractivity contribution < 1.29 is 5.11 Å². The van der Waals surface area contributed by atoms with Crippen molar-refractivity contribution in [1.82, 2.24) is 24.8 Å². The summed E-state index contributed by atoms with van der Waals surface area (Å²) in [5.74, 6) is 0.493. The van der Waals surface area contributed by atoms with E-state index in [-0.39, 0.29) is 0 Å². The van der Waals surface area contributed by atoms with Gasteiger partial charge in [0.15, 0.2) is 0 Å². The van der Waals surface area contributed by atoms with E-state index in [1.165, 1.54) is 6.33 Å². The summed E-state index contributed by atoms with van der Waals surface area (Å²) >= 11 is 0. The summed E-state index contributed by atoms with van der Waals surface area (Å²) in [5.41, 5.74) is 1.56. The highest BCUT2D eigenvalue weighted by Crippen LogP contribution is 2.27.